The number of anilines is 1. The Kier molecular flexibility index (Phi) is 5.71. The van der Waals surface area contributed by atoms with E-state index in [-0.39, 0.29) is 12.1 Å². The van der Waals surface area contributed by atoms with Crippen LogP contribution in [0.1, 0.15) is 23.5 Å². The molecule has 33 heavy (non-hydrogen) atoms. The van der Waals surface area contributed by atoms with Crippen LogP contribution < -0.4 is 19.7 Å². The lowest BCUT2D eigenvalue weighted by Gasteiger charge is -2.30. The lowest BCUT2D eigenvalue weighted by Crippen LogP contribution is -2.30. The summed E-state index contributed by atoms with van der Waals surface area (Å²) in [5.74, 6) is 1.56. The minimum Gasteiger partial charge on any atom is -0.497 e. The van der Waals surface area contributed by atoms with Crippen LogP contribution in [-0.4, -0.2) is 28.9 Å². The number of methoxy groups -OCH3 is 2. The summed E-state index contributed by atoms with van der Waals surface area (Å²) in [4.78, 5) is 6.77. The summed E-state index contributed by atoms with van der Waals surface area (Å²) in [5, 5.41) is 4.13. The Bertz CT molecular complexity index is 1270. The molecular weight excluding hydrogens is 432 g/mol. The highest BCUT2D eigenvalue weighted by molar-refractivity contribution is 7.80. The van der Waals surface area contributed by atoms with Gasteiger partial charge in [-0.25, -0.2) is 0 Å². The fraction of sp³-hybridized carbons (Fsp3) is 0.154. The van der Waals surface area contributed by atoms with Crippen molar-refractivity contribution in [2.75, 3.05) is 19.1 Å². The zero-order valence-electron chi connectivity index (χ0n) is 18.4. The molecular formula is C26H24N4O2S. The summed E-state index contributed by atoms with van der Waals surface area (Å²) in [6.07, 6.45) is 3.87. The zero-order valence-corrected chi connectivity index (χ0v) is 19.2. The Labute approximate surface area is 198 Å². The molecule has 0 amide bonds. The van der Waals surface area contributed by atoms with Gasteiger partial charge in [-0.2, -0.15) is 0 Å². The highest BCUT2D eigenvalue weighted by Crippen LogP contribution is 2.44. The average Bonchev–Trinajstić information content (AvgIpc) is 3.48. The van der Waals surface area contributed by atoms with Crippen molar-refractivity contribution in [1.29, 1.82) is 0 Å². The van der Waals surface area contributed by atoms with E-state index in [1.807, 2.05) is 72.9 Å². The third-order valence-corrected chi connectivity index (χ3v) is 6.17. The van der Waals surface area contributed by atoms with Crippen LogP contribution in [-0.2, 0) is 0 Å². The topological polar surface area (TPSA) is 51.5 Å². The molecule has 6 nitrogen and oxygen atoms in total. The van der Waals surface area contributed by atoms with Crippen LogP contribution >= 0.6 is 12.2 Å². The van der Waals surface area contributed by atoms with Gasteiger partial charge >= 0.3 is 0 Å². The lowest BCUT2D eigenvalue weighted by molar-refractivity contribution is 0.413. The third-order valence-electron chi connectivity index (χ3n) is 5.86. The monoisotopic (exact) mass is 456 g/mol. The van der Waals surface area contributed by atoms with Crippen LogP contribution in [0.2, 0.25) is 0 Å². The first kappa shape index (κ1) is 21.0. The van der Waals surface area contributed by atoms with Gasteiger partial charge in [-0.05, 0) is 60.7 Å². The van der Waals surface area contributed by atoms with Crippen LogP contribution in [0.4, 0.5) is 5.69 Å². The van der Waals surface area contributed by atoms with Crippen LogP contribution in [0.25, 0.3) is 5.69 Å². The number of rotatable bonds is 6. The second kappa shape index (κ2) is 8.96. The molecule has 3 heterocycles. The summed E-state index contributed by atoms with van der Waals surface area (Å²) in [6.45, 7) is 0. The van der Waals surface area contributed by atoms with E-state index in [9.17, 15) is 0 Å². The van der Waals surface area contributed by atoms with Gasteiger partial charge in [-0.3, -0.25) is 4.98 Å². The van der Waals surface area contributed by atoms with Crippen LogP contribution in [0.3, 0.4) is 0 Å². The molecule has 1 aliphatic heterocycles. The maximum atomic E-state index is 5.86. The van der Waals surface area contributed by atoms with E-state index in [0.717, 1.165) is 34.3 Å². The van der Waals surface area contributed by atoms with Crippen molar-refractivity contribution in [3.05, 3.63) is 103 Å². The highest BCUT2D eigenvalue weighted by atomic mass is 32.1. The number of aromatic nitrogens is 2. The molecule has 0 bridgehead atoms. The van der Waals surface area contributed by atoms with E-state index >= 15 is 0 Å². The number of thiocarbonyl (C=S) groups is 1. The maximum Gasteiger partial charge on any atom is 0.174 e. The molecule has 2 aromatic heterocycles. The number of pyridine rings is 1. The van der Waals surface area contributed by atoms with Gasteiger partial charge in [0.1, 0.15) is 17.5 Å². The fourth-order valence-electron chi connectivity index (χ4n) is 4.37. The molecule has 1 N–H and O–H groups in total. The van der Waals surface area contributed by atoms with Gasteiger partial charge < -0.3 is 24.3 Å². The Morgan fingerprint density at radius 1 is 0.909 bits per heavy atom. The molecule has 4 aromatic rings. The normalized spacial score (nSPS) is 17.6. The Hall–Kier alpha value is -3.84. The maximum absolute atomic E-state index is 5.86. The summed E-state index contributed by atoms with van der Waals surface area (Å²) < 4.78 is 13.3. The van der Waals surface area contributed by atoms with E-state index in [1.165, 1.54) is 0 Å². The smallest absolute Gasteiger partial charge is 0.174 e. The van der Waals surface area contributed by atoms with Gasteiger partial charge in [0.2, 0.25) is 0 Å². The van der Waals surface area contributed by atoms with Crippen LogP contribution in [0, 0.1) is 0 Å². The molecule has 1 aliphatic rings. The summed E-state index contributed by atoms with van der Waals surface area (Å²) in [7, 11) is 3.35. The first-order valence-electron chi connectivity index (χ1n) is 10.7. The first-order valence-corrected chi connectivity index (χ1v) is 11.1. The molecule has 2 aromatic carbocycles. The molecule has 5 rings (SSSR count). The van der Waals surface area contributed by atoms with E-state index in [4.69, 9.17) is 21.7 Å². The summed E-state index contributed by atoms with van der Waals surface area (Å²) >= 11 is 5.86. The predicted octanol–water partition coefficient (Wildman–Crippen LogP) is 5.07. The fourth-order valence-corrected chi connectivity index (χ4v) is 4.71. The number of benzene rings is 2. The van der Waals surface area contributed by atoms with Crippen molar-refractivity contribution < 1.29 is 9.47 Å². The minimum atomic E-state index is -0.162. The highest BCUT2D eigenvalue weighted by Gasteiger charge is 2.43. The average molecular weight is 457 g/mol. The van der Waals surface area contributed by atoms with E-state index in [1.54, 1.807) is 14.2 Å². The standard InChI is InChI=1S/C26H24N4O2S/c1-31-19-10-7-9-18(17-19)29-16-8-13-22(29)25-24(20-11-5-6-15-27-20)28-26(33)30(25)21-12-3-4-14-23(21)32-2/h3-17,24-25H,1-2H3,(H,28,33). The van der Waals surface area contributed by atoms with Gasteiger partial charge in [0.05, 0.1) is 31.6 Å². The Morgan fingerprint density at radius 3 is 2.55 bits per heavy atom. The van der Waals surface area contributed by atoms with Gasteiger partial charge in [-0.1, -0.05) is 24.3 Å². The number of nitrogens with zero attached hydrogens (tertiary/aromatic N) is 3. The van der Waals surface area contributed by atoms with Gasteiger partial charge in [0.15, 0.2) is 5.11 Å². The Morgan fingerprint density at radius 2 is 1.76 bits per heavy atom. The van der Waals surface area contributed by atoms with Gasteiger partial charge in [-0.15, -0.1) is 0 Å². The molecule has 0 radical (unpaired) electrons. The largest absolute Gasteiger partial charge is 0.497 e. The van der Waals surface area contributed by atoms with Crippen molar-refractivity contribution in [3.8, 4) is 17.2 Å². The van der Waals surface area contributed by atoms with E-state index in [0.29, 0.717) is 5.11 Å². The lowest BCUT2D eigenvalue weighted by atomic mass is 10.0. The summed E-state index contributed by atoms with van der Waals surface area (Å²) in [5.41, 5.74) is 3.89. The SMILES string of the molecule is COc1cccc(-n2cccc2C2C(c3ccccn3)NC(=S)N2c2ccccc2OC)c1. The predicted molar refractivity (Wildman–Crippen MR) is 133 cm³/mol. The summed E-state index contributed by atoms with van der Waals surface area (Å²) in [6, 6.07) is 25.7. The molecule has 0 spiro atoms. The number of hydrogen-bond acceptors (Lipinski definition) is 4. The molecule has 2 unspecified atom stereocenters. The molecule has 7 heteroatoms. The molecule has 2 atom stereocenters. The first-order chi connectivity index (χ1) is 16.2. The van der Waals surface area contributed by atoms with Crippen molar-refractivity contribution in [2.24, 2.45) is 0 Å². The second-order valence-corrected chi connectivity index (χ2v) is 8.06. The van der Waals surface area contributed by atoms with Crippen molar-refractivity contribution in [1.82, 2.24) is 14.9 Å². The third kappa shape index (κ3) is 3.81. The van der Waals surface area contributed by atoms with Crippen molar-refractivity contribution in [2.45, 2.75) is 12.1 Å². The molecule has 0 aliphatic carbocycles. The van der Waals surface area contributed by atoms with Gasteiger partial charge in [0.25, 0.3) is 0 Å². The number of hydrogen-bond donors (Lipinski definition) is 1. The van der Waals surface area contributed by atoms with E-state index < -0.39 is 0 Å². The zero-order chi connectivity index (χ0) is 22.8. The molecule has 1 fully saturated rings. The van der Waals surface area contributed by atoms with Gasteiger partial charge in [0, 0.05) is 29.8 Å². The molecule has 1 saturated heterocycles. The van der Waals surface area contributed by atoms with Crippen molar-refractivity contribution in [3.63, 3.8) is 0 Å². The molecule has 166 valence electrons. The minimum absolute atomic E-state index is 0.150. The van der Waals surface area contributed by atoms with Crippen LogP contribution in [0.15, 0.2) is 91.3 Å². The van der Waals surface area contributed by atoms with Crippen molar-refractivity contribution >= 4 is 23.0 Å². The number of nitrogens with one attached hydrogen (secondary N) is 1. The molecule has 0 saturated carbocycles. The number of para-hydroxylation sites is 2. The number of ether oxygens (including phenoxy) is 2. The second-order valence-electron chi connectivity index (χ2n) is 7.67. The Balaban J connectivity index is 1.69. The quantitative estimate of drug-likeness (QED) is 0.409. The van der Waals surface area contributed by atoms with Crippen LogP contribution in [0.5, 0.6) is 11.5 Å². The van der Waals surface area contributed by atoms with E-state index in [2.05, 4.69) is 38.1 Å².